The SMILES string of the molecule is CCC(=O)CC[N]c1ccccc1. The summed E-state index contributed by atoms with van der Waals surface area (Å²) in [6.45, 7) is 2.49. The molecule has 2 heteroatoms. The first-order chi connectivity index (χ1) is 6.33. The highest BCUT2D eigenvalue weighted by Crippen LogP contribution is 2.04. The Kier molecular flexibility index (Phi) is 4.03. The van der Waals surface area contributed by atoms with Crippen LogP contribution < -0.4 is 5.32 Å². The quantitative estimate of drug-likeness (QED) is 0.677. The molecule has 69 valence electrons. The van der Waals surface area contributed by atoms with Crippen molar-refractivity contribution in [3.8, 4) is 0 Å². The van der Waals surface area contributed by atoms with Crippen LogP contribution in [0.1, 0.15) is 19.8 Å². The van der Waals surface area contributed by atoms with E-state index < -0.39 is 0 Å². The lowest BCUT2D eigenvalue weighted by atomic mass is 10.2. The molecule has 0 saturated heterocycles. The minimum atomic E-state index is 0.277. The summed E-state index contributed by atoms with van der Waals surface area (Å²) in [7, 11) is 0. The van der Waals surface area contributed by atoms with Crippen LogP contribution in [0.5, 0.6) is 0 Å². The summed E-state index contributed by atoms with van der Waals surface area (Å²) < 4.78 is 0. The van der Waals surface area contributed by atoms with Crippen molar-refractivity contribution < 1.29 is 4.79 Å². The fourth-order valence-electron chi connectivity index (χ4n) is 1.02. The monoisotopic (exact) mass is 176 g/mol. The number of rotatable bonds is 5. The third kappa shape index (κ3) is 3.74. The van der Waals surface area contributed by atoms with E-state index in [1.54, 1.807) is 0 Å². The molecule has 0 aliphatic rings. The Bertz CT molecular complexity index is 256. The molecular formula is C11H14NO. The Morgan fingerprint density at radius 3 is 2.62 bits per heavy atom. The van der Waals surface area contributed by atoms with Gasteiger partial charge in [0.1, 0.15) is 5.78 Å². The van der Waals surface area contributed by atoms with Gasteiger partial charge in [0.2, 0.25) is 0 Å². The van der Waals surface area contributed by atoms with Crippen LogP contribution in [-0.4, -0.2) is 12.3 Å². The van der Waals surface area contributed by atoms with Crippen LogP contribution >= 0.6 is 0 Å². The van der Waals surface area contributed by atoms with E-state index in [-0.39, 0.29) is 5.78 Å². The summed E-state index contributed by atoms with van der Waals surface area (Å²) in [5.74, 6) is 0.277. The molecule has 0 saturated carbocycles. The largest absolute Gasteiger partial charge is 0.300 e. The van der Waals surface area contributed by atoms with E-state index >= 15 is 0 Å². The standard InChI is InChI=1S/C11H14NO/c1-2-11(13)8-9-12-10-6-4-3-5-7-10/h3-7H,2,8-9H2,1H3. The maximum Gasteiger partial charge on any atom is 0.134 e. The molecule has 1 aromatic carbocycles. The minimum Gasteiger partial charge on any atom is -0.300 e. The second kappa shape index (κ2) is 5.36. The van der Waals surface area contributed by atoms with Crippen LogP contribution in [0.15, 0.2) is 30.3 Å². The molecule has 0 unspecified atom stereocenters. The van der Waals surface area contributed by atoms with E-state index in [0.29, 0.717) is 19.4 Å². The van der Waals surface area contributed by atoms with Crippen molar-refractivity contribution >= 4 is 11.5 Å². The van der Waals surface area contributed by atoms with Gasteiger partial charge < -0.3 is 0 Å². The Labute approximate surface area is 79.0 Å². The van der Waals surface area contributed by atoms with E-state index in [9.17, 15) is 4.79 Å². The molecule has 0 aliphatic heterocycles. The van der Waals surface area contributed by atoms with E-state index in [1.807, 2.05) is 37.3 Å². The van der Waals surface area contributed by atoms with Crippen LogP contribution in [0.25, 0.3) is 0 Å². The molecule has 0 spiro atoms. The third-order valence-corrected chi connectivity index (χ3v) is 1.84. The van der Waals surface area contributed by atoms with Crippen LogP contribution in [0.4, 0.5) is 5.69 Å². The number of carbonyl (C=O) groups excluding carboxylic acids is 1. The zero-order chi connectivity index (χ0) is 9.52. The van der Waals surface area contributed by atoms with Crippen molar-refractivity contribution in [1.29, 1.82) is 0 Å². The van der Waals surface area contributed by atoms with Gasteiger partial charge >= 0.3 is 0 Å². The van der Waals surface area contributed by atoms with Crippen molar-refractivity contribution in [2.75, 3.05) is 6.54 Å². The molecule has 0 N–H and O–H groups in total. The zero-order valence-corrected chi connectivity index (χ0v) is 7.86. The van der Waals surface area contributed by atoms with Crippen LogP contribution in [-0.2, 0) is 4.79 Å². The predicted octanol–water partition coefficient (Wildman–Crippen LogP) is 2.29. The van der Waals surface area contributed by atoms with E-state index in [1.165, 1.54) is 0 Å². The maximum atomic E-state index is 10.9. The van der Waals surface area contributed by atoms with Crippen molar-refractivity contribution in [2.45, 2.75) is 19.8 Å². The van der Waals surface area contributed by atoms with Gasteiger partial charge in [0.15, 0.2) is 0 Å². The van der Waals surface area contributed by atoms with Gasteiger partial charge in [-0.3, -0.25) is 10.1 Å². The van der Waals surface area contributed by atoms with Gasteiger partial charge in [-0.05, 0) is 12.1 Å². The molecule has 0 bridgehead atoms. The Morgan fingerprint density at radius 2 is 2.00 bits per heavy atom. The lowest BCUT2D eigenvalue weighted by molar-refractivity contribution is -0.118. The first kappa shape index (κ1) is 9.78. The first-order valence-electron chi connectivity index (χ1n) is 4.57. The highest BCUT2D eigenvalue weighted by molar-refractivity contribution is 5.78. The molecule has 0 aromatic heterocycles. The molecule has 0 fully saturated rings. The molecule has 0 aliphatic carbocycles. The molecule has 0 heterocycles. The smallest absolute Gasteiger partial charge is 0.134 e. The summed E-state index contributed by atoms with van der Waals surface area (Å²) in [5, 5.41) is 4.27. The van der Waals surface area contributed by atoms with Crippen LogP contribution in [0.3, 0.4) is 0 Å². The molecule has 1 aromatic rings. The number of hydrogen-bond donors (Lipinski definition) is 0. The number of nitrogens with zero attached hydrogens (tertiary/aromatic N) is 1. The molecule has 1 radical (unpaired) electrons. The second-order valence-electron chi connectivity index (χ2n) is 2.86. The van der Waals surface area contributed by atoms with Gasteiger partial charge in [-0.1, -0.05) is 25.1 Å². The number of benzene rings is 1. The second-order valence-corrected chi connectivity index (χ2v) is 2.86. The minimum absolute atomic E-state index is 0.277. The van der Waals surface area contributed by atoms with E-state index in [0.717, 1.165) is 5.69 Å². The Balaban J connectivity index is 2.24. The van der Waals surface area contributed by atoms with E-state index in [2.05, 4.69) is 5.32 Å². The zero-order valence-electron chi connectivity index (χ0n) is 7.86. The summed E-state index contributed by atoms with van der Waals surface area (Å²) in [6.07, 6.45) is 1.18. The molecular weight excluding hydrogens is 162 g/mol. The summed E-state index contributed by atoms with van der Waals surface area (Å²) in [6, 6.07) is 9.73. The van der Waals surface area contributed by atoms with Gasteiger partial charge in [0, 0.05) is 19.4 Å². The Morgan fingerprint density at radius 1 is 1.31 bits per heavy atom. The predicted molar refractivity (Wildman–Crippen MR) is 53.0 cm³/mol. The molecule has 1 rings (SSSR count). The topological polar surface area (TPSA) is 31.2 Å². The molecule has 0 amide bonds. The van der Waals surface area contributed by atoms with Gasteiger partial charge in [-0.25, -0.2) is 0 Å². The third-order valence-electron chi connectivity index (χ3n) is 1.84. The maximum absolute atomic E-state index is 10.9. The Hall–Kier alpha value is -1.31. The van der Waals surface area contributed by atoms with E-state index in [4.69, 9.17) is 0 Å². The normalized spacial score (nSPS) is 9.62. The fourth-order valence-corrected chi connectivity index (χ4v) is 1.02. The van der Waals surface area contributed by atoms with Gasteiger partial charge in [0.25, 0.3) is 0 Å². The van der Waals surface area contributed by atoms with Gasteiger partial charge in [0.05, 0.1) is 5.69 Å². The van der Waals surface area contributed by atoms with Gasteiger partial charge in [-0.2, -0.15) is 0 Å². The fraction of sp³-hybridized carbons (Fsp3) is 0.364. The van der Waals surface area contributed by atoms with Crippen LogP contribution in [0, 0.1) is 0 Å². The summed E-state index contributed by atoms with van der Waals surface area (Å²) in [5.41, 5.74) is 0.950. The molecule has 0 atom stereocenters. The summed E-state index contributed by atoms with van der Waals surface area (Å²) >= 11 is 0. The highest BCUT2D eigenvalue weighted by Gasteiger charge is 1.98. The molecule has 2 nitrogen and oxygen atoms in total. The average Bonchev–Trinajstić information content (AvgIpc) is 2.19. The number of carbonyl (C=O) groups is 1. The van der Waals surface area contributed by atoms with Crippen molar-refractivity contribution in [1.82, 2.24) is 5.32 Å². The number of hydrogen-bond acceptors (Lipinski definition) is 1. The number of para-hydroxylation sites is 1. The average molecular weight is 176 g/mol. The van der Waals surface area contributed by atoms with Crippen LogP contribution in [0.2, 0.25) is 0 Å². The highest BCUT2D eigenvalue weighted by atomic mass is 16.1. The molecule has 13 heavy (non-hydrogen) atoms. The van der Waals surface area contributed by atoms with Gasteiger partial charge in [-0.15, -0.1) is 0 Å². The van der Waals surface area contributed by atoms with Crippen molar-refractivity contribution in [2.24, 2.45) is 0 Å². The first-order valence-corrected chi connectivity index (χ1v) is 4.57. The lowest BCUT2D eigenvalue weighted by Gasteiger charge is -2.00. The lowest BCUT2D eigenvalue weighted by Crippen LogP contribution is -2.06. The van der Waals surface area contributed by atoms with Crippen molar-refractivity contribution in [3.63, 3.8) is 0 Å². The van der Waals surface area contributed by atoms with Crippen molar-refractivity contribution in [3.05, 3.63) is 30.3 Å². The number of Topliss-reactive ketones (excluding diaryl/α,β-unsaturated/α-hetero) is 1. The summed E-state index contributed by atoms with van der Waals surface area (Å²) in [4.78, 5) is 10.9. The number of ketones is 1.